The molecule has 0 radical (unpaired) electrons. The highest BCUT2D eigenvalue weighted by Crippen LogP contribution is 2.18. The fraction of sp³-hybridized carbons (Fsp3) is 0.0667. The fourth-order valence-electron chi connectivity index (χ4n) is 1.80. The van der Waals surface area contributed by atoms with E-state index in [4.69, 9.17) is 5.26 Å². The average Bonchev–Trinajstić information content (AvgIpc) is 2.38. The number of aryl methyl sites for hydroxylation is 1. The molecular weight excluding hydrogens is 210 g/mol. The van der Waals surface area contributed by atoms with Crippen molar-refractivity contribution in [2.45, 2.75) is 6.92 Å². The van der Waals surface area contributed by atoms with Gasteiger partial charge in [0.15, 0.2) is 5.78 Å². The zero-order valence-electron chi connectivity index (χ0n) is 9.47. The van der Waals surface area contributed by atoms with Crippen LogP contribution < -0.4 is 0 Å². The first kappa shape index (κ1) is 11.1. The molecule has 0 unspecified atom stereocenters. The van der Waals surface area contributed by atoms with Crippen LogP contribution in [0.25, 0.3) is 0 Å². The van der Waals surface area contributed by atoms with Gasteiger partial charge in [-0.25, -0.2) is 0 Å². The van der Waals surface area contributed by atoms with E-state index in [0.29, 0.717) is 16.7 Å². The Morgan fingerprint density at radius 3 is 2.41 bits per heavy atom. The number of rotatable bonds is 2. The molecule has 0 fully saturated rings. The monoisotopic (exact) mass is 221 g/mol. The quantitative estimate of drug-likeness (QED) is 0.731. The predicted octanol–water partition coefficient (Wildman–Crippen LogP) is 3.10. The number of nitriles is 1. The maximum Gasteiger partial charge on any atom is 0.194 e. The van der Waals surface area contributed by atoms with Crippen molar-refractivity contribution >= 4 is 5.78 Å². The summed E-state index contributed by atoms with van der Waals surface area (Å²) in [6, 6.07) is 16.4. The highest BCUT2D eigenvalue weighted by molar-refractivity contribution is 6.11. The normalized spacial score (nSPS) is 9.65. The van der Waals surface area contributed by atoms with Crippen molar-refractivity contribution < 1.29 is 4.79 Å². The molecule has 0 saturated carbocycles. The molecule has 0 aliphatic heterocycles. The third-order valence-electron chi connectivity index (χ3n) is 2.66. The van der Waals surface area contributed by atoms with Crippen LogP contribution in [0, 0.1) is 18.3 Å². The molecule has 0 aliphatic rings. The Bertz CT molecular complexity index is 594. The highest BCUT2D eigenvalue weighted by atomic mass is 16.1. The Labute approximate surface area is 100 Å². The lowest BCUT2D eigenvalue weighted by Crippen LogP contribution is -2.06. The zero-order valence-corrected chi connectivity index (χ0v) is 9.47. The summed E-state index contributed by atoms with van der Waals surface area (Å²) in [7, 11) is 0. The van der Waals surface area contributed by atoms with Crippen LogP contribution in [0.2, 0.25) is 0 Å². The fourth-order valence-corrected chi connectivity index (χ4v) is 1.80. The summed E-state index contributed by atoms with van der Waals surface area (Å²) < 4.78 is 0. The van der Waals surface area contributed by atoms with Crippen molar-refractivity contribution in [1.82, 2.24) is 0 Å². The molecule has 0 aliphatic carbocycles. The SMILES string of the molecule is Cc1cccc(C#N)c1C(=O)c1ccccc1. The van der Waals surface area contributed by atoms with Crippen molar-refractivity contribution in [2.75, 3.05) is 0 Å². The van der Waals surface area contributed by atoms with Crippen LogP contribution in [0.4, 0.5) is 0 Å². The molecule has 0 aromatic heterocycles. The maximum absolute atomic E-state index is 12.3. The summed E-state index contributed by atoms with van der Waals surface area (Å²) in [5, 5.41) is 9.04. The maximum atomic E-state index is 12.3. The summed E-state index contributed by atoms with van der Waals surface area (Å²) >= 11 is 0. The van der Waals surface area contributed by atoms with Gasteiger partial charge in [-0.15, -0.1) is 0 Å². The molecule has 82 valence electrons. The van der Waals surface area contributed by atoms with Crippen LogP contribution in [0.1, 0.15) is 27.0 Å². The Kier molecular flexibility index (Phi) is 3.02. The lowest BCUT2D eigenvalue weighted by atomic mass is 9.95. The molecule has 2 aromatic carbocycles. The third-order valence-corrected chi connectivity index (χ3v) is 2.66. The van der Waals surface area contributed by atoms with E-state index in [1.54, 1.807) is 24.3 Å². The molecule has 0 amide bonds. The lowest BCUT2D eigenvalue weighted by Gasteiger charge is -2.06. The number of carbonyl (C=O) groups is 1. The van der Waals surface area contributed by atoms with E-state index in [2.05, 4.69) is 6.07 Å². The molecular formula is C15H11NO. The van der Waals surface area contributed by atoms with E-state index < -0.39 is 0 Å². The first-order valence-corrected chi connectivity index (χ1v) is 5.33. The summed E-state index contributed by atoms with van der Waals surface area (Å²) in [4.78, 5) is 12.3. The van der Waals surface area contributed by atoms with Crippen LogP contribution in [0.15, 0.2) is 48.5 Å². The average molecular weight is 221 g/mol. The van der Waals surface area contributed by atoms with E-state index >= 15 is 0 Å². The molecule has 2 rings (SSSR count). The van der Waals surface area contributed by atoms with Gasteiger partial charge in [0.05, 0.1) is 11.6 Å². The van der Waals surface area contributed by atoms with E-state index in [-0.39, 0.29) is 5.78 Å². The molecule has 2 aromatic rings. The minimum Gasteiger partial charge on any atom is -0.289 e. The smallest absolute Gasteiger partial charge is 0.194 e. The molecule has 0 N–H and O–H groups in total. The van der Waals surface area contributed by atoms with E-state index in [1.807, 2.05) is 31.2 Å². The minimum atomic E-state index is -0.0970. The first-order chi connectivity index (χ1) is 8.24. The second-order valence-corrected chi connectivity index (χ2v) is 3.80. The molecule has 2 heteroatoms. The van der Waals surface area contributed by atoms with Crippen LogP contribution in [0.3, 0.4) is 0 Å². The second-order valence-electron chi connectivity index (χ2n) is 3.80. The van der Waals surface area contributed by atoms with E-state index in [0.717, 1.165) is 5.56 Å². The predicted molar refractivity (Wildman–Crippen MR) is 65.8 cm³/mol. The van der Waals surface area contributed by atoms with Gasteiger partial charge in [0.25, 0.3) is 0 Å². The molecule has 0 saturated heterocycles. The summed E-state index contributed by atoms with van der Waals surface area (Å²) in [5.74, 6) is -0.0970. The molecule has 0 atom stereocenters. The van der Waals surface area contributed by atoms with Crippen molar-refractivity contribution in [2.24, 2.45) is 0 Å². The second kappa shape index (κ2) is 4.63. The molecule has 0 heterocycles. The van der Waals surface area contributed by atoms with Gasteiger partial charge in [-0.2, -0.15) is 5.26 Å². The number of hydrogen-bond donors (Lipinski definition) is 0. The summed E-state index contributed by atoms with van der Waals surface area (Å²) in [5.41, 5.74) is 2.37. The Morgan fingerprint density at radius 1 is 1.06 bits per heavy atom. The lowest BCUT2D eigenvalue weighted by molar-refractivity contribution is 0.103. The number of ketones is 1. The Hall–Kier alpha value is -2.40. The van der Waals surface area contributed by atoms with Gasteiger partial charge in [0, 0.05) is 11.1 Å². The molecule has 17 heavy (non-hydrogen) atoms. The van der Waals surface area contributed by atoms with Crippen molar-refractivity contribution in [3.8, 4) is 6.07 Å². The van der Waals surface area contributed by atoms with Crippen molar-refractivity contribution in [3.05, 3.63) is 70.8 Å². The number of carbonyl (C=O) groups excluding carboxylic acids is 1. The molecule has 2 nitrogen and oxygen atoms in total. The van der Waals surface area contributed by atoms with Crippen LogP contribution in [0.5, 0.6) is 0 Å². The topological polar surface area (TPSA) is 40.9 Å². The summed E-state index contributed by atoms with van der Waals surface area (Å²) in [6.07, 6.45) is 0. The van der Waals surface area contributed by atoms with E-state index in [9.17, 15) is 4.79 Å². The highest BCUT2D eigenvalue weighted by Gasteiger charge is 2.15. The summed E-state index contributed by atoms with van der Waals surface area (Å²) in [6.45, 7) is 1.84. The largest absolute Gasteiger partial charge is 0.289 e. The number of nitrogens with zero attached hydrogens (tertiary/aromatic N) is 1. The van der Waals surface area contributed by atoms with Gasteiger partial charge < -0.3 is 0 Å². The Balaban J connectivity index is 2.56. The minimum absolute atomic E-state index is 0.0970. The number of hydrogen-bond acceptors (Lipinski definition) is 2. The first-order valence-electron chi connectivity index (χ1n) is 5.33. The van der Waals surface area contributed by atoms with Gasteiger partial charge in [-0.3, -0.25) is 4.79 Å². The molecule has 0 spiro atoms. The standard InChI is InChI=1S/C15H11NO/c1-11-6-5-9-13(10-16)14(11)15(17)12-7-3-2-4-8-12/h2-9H,1H3. The number of benzene rings is 2. The Morgan fingerprint density at radius 2 is 1.76 bits per heavy atom. The van der Waals surface area contributed by atoms with Crippen molar-refractivity contribution in [3.63, 3.8) is 0 Å². The molecule has 0 bridgehead atoms. The van der Waals surface area contributed by atoms with Crippen LogP contribution >= 0.6 is 0 Å². The van der Waals surface area contributed by atoms with Crippen molar-refractivity contribution in [1.29, 1.82) is 5.26 Å². The van der Waals surface area contributed by atoms with E-state index in [1.165, 1.54) is 0 Å². The van der Waals surface area contributed by atoms with Gasteiger partial charge in [-0.1, -0.05) is 42.5 Å². The van der Waals surface area contributed by atoms with Gasteiger partial charge in [-0.05, 0) is 18.6 Å². The third kappa shape index (κ3) is 2.09. The van der Waals surface area contributed by atoms with Crippen LogP contribution in [-0.2, 0) is 0 Å². The zero-order chi connectivity index (χ0) is 12.3. The van der Waals surface area contributed by atoms with Gasteiger partial charge >= 0.3 is 0 Å². The van der Waals surface area contributed by atoms with Crippen LogP contribution in [-0.4, -0.2) is 5.78 Å². The van der Waals surface area contributed by atoms with Gasteiger partial charge in [0.1, 0.15) is 0 Å². The van der Waals surface area contributed by atoms with Gasteiger partial charge in [0.2, 0.25) is 0 Å².